The van der Waals surface area contributed by atoms with Gasteiger partial charge in [0.1, 0.15) is 0 Å². The summed E-state index contributed by atoms with van der Waals surface area (Å²) in [6.45, 7) is 3.87. The molecule has 0 bridgehead atoms. The SMILES string of the molecule is O=C(NCCCN1CCc2ccccc2C1)c1ccc(Br)cc1. The van der Waals surface area contributed by atoms with Crippen molar-refractivity contribution in [2.75, 3.05) is 19.6 Å². The molecule has 0 saturated heterocycles. The highest BCUT2D eigenvalue weighted by Crippen LogP contribution is 2.18. The molecule has 0 unspecified atom stereocenters. The molecule has 2 aromatic rings. The molecule has 1 aliphatic heterocycles. The van der Waals surface area contributed by atoms with E-state index in [1.54, 1.807) is 0 Å². The standard InChI is InChI=1S/C19H21BrN2O/c20-18-8-6-16(7-9-18)19(23)21-11-3-12-22-13-10-15-4-1-2-5-17(15)14-22/h1-2,4-9H,3,10-14H2,(H,21,23). The fourth-order valence-corrected chi connectivity index (χ4v) is 3.22. The molecule has 0 saturated carbocycles. The van der Waals surface area contributed by atoms with Crippen LogP contribution in [0.3, 0.4) is 0 Å². The zero-order chi connectivity index (χ0) is 16.1. The maximum Gasteiger partial charge on any atom is 0.251 e. The molecule has 0 radical (unpaired) electrons. The lowest BCUT2D eigenvalue weighted by Crippen LogP contribution is -2.33. The van der Waals surface area contributed by atoms with Gasteiger partial charge in [0.05, 0.1) is 0 Å². The molecule has 0 aromatic heterocycles. The number of hydrogen-bond acceptors (Lipinski definition) is 2. The molecule has 1 heterocycles. The van der Waals surface area contributed by atoms with Crippen molar-refractivity contribution in [3.8, 4) is 0 Å². The fourth-order valence-electron chi connectivity index (χ4n) is 2.95. The van der Waals surface area contributed by atoms with Gasteiger partial charge in [-0.3, -0.25) is 9.69 Å². The van der Waals surface area contributed by atoms with Crippen molar-refractivity contribution in [2.24, 2.45) is 0 Å². The van der Waals surface area contributed by atoms with Crippen LogP contribution in [0.5, 0.6) is 0 Å². The average molecular weight is 373 g/mol. The van der Waals surface area contributed by atoms with Crippen molar-refractivity contribution in [3.63, 3.8) is 0 Å². The van der Waals surface area contributed by atoms with Gasteiger partial charge in [0.15, 0.2) is 0 Å². The number of halogens is 1. The molecule has 1 amide bonds. The molecule has 0 aliphatic carbocycles. The first-order valence-corrected chi connectivity index (χ1v) is 8.84. The Morgan fingerprint density at radius 3 is 2.61 bits per heavy atom. The van der Waals surface area contributed by atoms with E-state index in [9.17, 15) is 4.79 Å². The first kappa shape index (κ1) is 16.2. The maximum atomic E-state index is 12.0. The zero-order valence-electron chi connectivity index (χ0n) is 13.1. The smallest absolute Gasteiger partial charge is 0.251 e. The summed E-state index contributed by atoms with van der Waals surface area (Å²) in [4.78, 5) is 14.5. The van der Waals surface area contributed by atoms with Gasteiger partial charge in [0.2, 0.25) is 0 Å². The molecule has 2 aromatic carbocycles. The van der Waals surface area contributed by atoms with Crippen LogP contribution < -0.4 is 5.32 Å². The lowest BCUT2D eigenvalue weighted by Gasteiger charge is -2.28. The van der Waals surface area contributed by atoms with Gasteiger partial charge in [-0.25, -0.2) is 0 Å². The van der Waals surface area contributed by atoms with Crippen LogP contribution in [0.15, 0.2) is 53.0 Å². The Bertz CT molecular complexity index is 669. The number of nitrogens with one attached hydrogen (secondary N) is 1. The summed E-state index contributed by atoms with van der Waals surface area (Å²) >= 11 is 3.38. The van der Waals surface area contributed by atoms with Crippen LogP contribution >= 0.6 is 15.9 Å². The molecule has 0 spiro atoms. The van der Waals surface area contributed by atoms with Crippen LogP contribution in [0, 0.1) is 0 Å². The minimum absolute atomic E-state index is 0.00138. The molecule has 0 atom stereocenters. The molecule has 4 heteroatoms. The van der Waals surface area contributed by atoms with E-state index in [0.717, 1.165) is 36.9 Å². The summed E-state index contributed by atoms with van der Waals surface area (Å²) < 4.78 is 0.986. The average Bonchev–Trinajstić information content (AvgIpc) is 2.59. The van der Waals surface area contributed by atoms with E-state index in [1.165, 1.54) is 11.1 Å². The highest BCUT2D eigenvalue weighted by Gasteiger charge is 2.15. The van der Waals surface area contributed by atoms with Gasteiger partial charge in [0.25, 0.3) is 5.91 Å². The second-order valence-electron chi connectivity index (χ2n) is 5.91. The van der Waals surface area contributed by atoms with Crippen molar-refractivity contribution < 1.29 is 4.79 Å². The Hall–Kier alpha value is -1.65. The third kappa shape index (κ3) is 4.43. The predicted molar refractivity (Wildman–Crippen MR) is 96.5 cm³/mol. The van der Waals surface area contributed by atoms with Crippen LogP contribution in [-0.4, -0.2) is 30.4 Å². The minimum Gasteiger partial charge on any atom is -0.352 e. The summed E-state index contributed by atoms with van der Waals surface area (Å²) in [5.41, 5.74) is 3.63. The van der Waals surface area contributed by atoms with Crippen LogP contribution in [0.25, 0.3) is 0 Å². The third-order valence-corrected chi connectivity index (χ3v) is 4.78. The van der Waals surface area contributed by atoms with E-state index in [4.69, 9.17) is 0 Å². The number of carbonyl (C=O) groups excluding carboxylic acids is 1. The van der Waals surface area contributed by atoms with E-state index in [0.29, 0.717) is 12.1 Å². The van der Waals surface area contributed by atoms with Crippen molar-refractivity contribution in [3.05, 3.63) is 69.7 Å². The van der Waals surface area contributed by atoms with E-state index in [-0.39, 0.29) is 5.91 Å². The maximum absolute atomic E-state index is 12.0. The van der Waals surface area contributed by atoms with Gasteiger partial charge >= 0.3 is 0 Å². The van der Waals surface area contributed by atoms with E-state index < -0.39 is 0 Å². The van der Waals surface area contributed by atoms with Crippen molar-refractivity contribution in [1.82, 2.24) is 10.2 Å². The molecule has 120 valence electrons. The first-order valence-electron chi connectivity index (χ1n) is 8.05. The normalized spacial score (nSPS) is 14.3. The molecule has 3 nitrogen and oxygen atoms in total. The number of nitrogens with zero attached hydrogens (tertiary/aromatic N) is 1. The molecule has 23 heavy (non-hydrogen) atoms. The van der Waals surface area contributed by atoms with E-state index in [2.05, 4.69) is 50.4 Å². The topological polar surface area (TPSA) is 32.3 Å². The molecule has 3 rings (SSSR count). The largest absolute Gasteiger partial charge is 0.352 e. The summed E-state index contributed by atoms with van der Waals surface area (Å²) in [6.07, 6.45) is 2.10. The van der Waals surface area contributed by atoms with Crippen LogP contribution in [-0.2, 0) is 13.0 Å². The number of hydrogen-bond donors (Lipinski definition) is 1. The Balaban J connectivity index is 1.40. The van der Waals surface area contributed by atoms with Gasteiger partial charge in [-0.1, -0.05) is 40.2 Å². The van der Waals surface area contributed by atoms with Crippen LogP contribution in [0.2, 0.25) is 0 Å². The molecule has 1 aliphatic rings. The molecule has 1 N–H and O–H groups in total. The Labute approximate surface area is 145 Å². The second kappa shape index (κ2) is 7.75. The summed E-state index contributed by atoms with van der Waals surface area (Å²) in [5.74, 6) is 0.00138. The summed E-state index contributed by atoms with van der Waals surface area (Å²) in [5, 5.41) is 3.00. The number of benzene rings is 2. The lowest BCUT2D eigenvalue weighted by molar-refractivity contribution is 0.0951. The number of carbonyl (C=O) groups is 1. The van der Waals surface area contributed by atoms with Crippen molar-refractivity contribution in [1.29, 1.82) is 0 Å². The molecular weight excluding hydrogens is 352 g/mol. The van der Waals surface area contributed by atoms with Crippen LogP contribution in [0.4, 0.5) is 0 Å². The number of amides is 1. The molecular formula is C19H21BrN2O. The Kier molecular flexibility index (Phi) is 5.47. The number of fused-ring (bicyclic) bond motifs is 1. The third-order valence-electron chi connectivity index (χ3n) is 4.25. The zero-order valence-corrected chi connectivity index (χ0v) is 14.7. The van der Waals surface area contributed by atoms with Crippen LogP contribution in [0.1, 0.15) is 27.9 Å². The van der Waals surface area contributed by atoms with Gasteiger partial charge in [-0.2, -0.15) is 0 Å². The summed E-state index contributed by atoms with van der Waals surface area (Å²) in [7, 11) is 0. The summed E-state index contributed by atoms with van der Waals surface area (Å²) in [6, 6.07) is 16.1. The fraction of sp³-hybridized carbons (Fsp3) is 0.316. The second-order valence-corrected chi connectivity index (χ2v) is 6.83. The van der Waals surface area contributed by atoms with Gasteiger partial charge in [-0.15, -0.1) is 0 Å². The van der Waals surface area contributed by atoms with Crippen molar-refractivity contribution >= 4 is 21.8 Å². The van der Waals surface area contributed by atoms with E-state index in [1.807, 2.05) is 24.3 Å². The minimum atomic E-state index is 0.00138. The quantitative estimate of drug-likeness (QED) is 0.812. The molecule has 0 fully saturated rings. The number of rotatable bonds is 5. The van der Waals surface area contributed by atoms with E-state index >= 15 is 0 Å². The predicted octanol–water partition coefficient (Wildman–Crippen LogP) is 3.63. The monoisotopic (exact) mass is 372 g/mol. The highest BCUT2D eigenvalue weighted by molar-refractivity contribution is 9.10. The van der Waals surface area contributed by atoms with Gasteiger partial charge < -0.3 is 5.32 Å². The lowest BCUT2D eigenvalue weighted by atomic mass is 10.00. The van der Waals surface area contributed by atoms with Crippen molar-refractivity contribution in [2.45, 2.75) is 19.4 Å². The first-order chi connectivity index (χ1) is 11.2. The van der Waals surface area contributed by atoms with Gasteiger partial charge in [0, 0.05) is 36.2 Å². The Morgan fingerprint density at radius 2 is 1.83 bits per heavy atom. The highest BCUT2D eigenvalue weighted by atomic mass is 79.9. The van der Waals surface area contributed by atoms with Gasteiger partial charge in [-0.05, 0) is 48.2 Å². The Morgan fingerprint density at radius 1 is 1.09 bits per heavy atom.